The molecule has 1 aromatic carbocycles. The van der Waals surface area contributed by atoms with Gasteiger partial charge in [-0.15, -0.1) is 0 Å². The van der Waals surface area contributed by atoms with Gasteiger partial charge in [-0.05, 0) is 23.4 Å². The molecule has 0 saturated heterocycles. The summed E-state index contributed by atoms with van der Waals surface area (Å²) < 4.78 is 12.8. The van der Waals surface area contributed by atoms with Gasteiger partial charge in [0.25, 0.3) is 0 Å². The van der Waals surface area contributed by atoms with Gasteiger partial charge < -0.3 is 5.73 Å². The second-order valence-electron chi connectivity index (χ2n) is 2.82. The van der Waals surface area contributed by atoms with Gasteiger partial charge in [0.1, 0.15) is 5.82 Å². The highest BCUT2D eigenvalue weighted by Gasteiger charge is 2.05. The van der Waals surface area contributed by atoms with E-state index < -0.39 is 0 Å². The Bertz CT molecular complexity index is 265. The number of nitrogens with two attached hydrogens (primary N) is 1. The Labute approximate surface area is 82.5 Å². The summed E-state index contributed by atoms with van der Waals surface area (Å²) in [6.45, 7) is 2.09. The zero-order chi connectivity index (χ0) is 9.68. The highest BCUT2D eigenvalue weighted by molar-refractivity contribution is 7.99. The fraction of sp³-hybridized carbons (Fsp3) is 0.400. The van der Waals surface area contributed by atoms with Crippen LogP contribution in [0.1, 0.15) is 18.5 Å². The third-order valence-corrected chi connectivity index (χ3v) is 2.78. The van der Waals surface area contributed by atoms with Crippen LogP contribution in [0.2, 0.25) is 0 Å². The van der Waals surface area contributed by atoms with Gasteiger partial charge in [0.05, 0.1) is 0 Å². The topological polar surface area (TPSA) is 26.0 Å². The number of hydrogen-bond acceptors (Lipinski definition) is 2. The molecular formula is C10H14FNS. The molecule has 3 heteroatoms. The van der Waals surface area contributed by atoms with Crippen LogP contribution in [-0.4, -0.2) is 11.5 Å². The van der Waals surface area contributed by atoms with Crippen LogP contribution in [0.5, 0.6) is 0 Å². The maximum absolute atomic E-state index is 12.8. The van der Waals surface area contributed by atoms with Gasteiger partial charge in [-0.2, -0.15) is 11.8 Å². The lowest BCUT2D eigenvalue weighted by atomic mass is 10.1. The summed E-state index contributed by atoms with van der Waals surface area (Å²) in [5.41, 5.74) is 6.74. The summed E-state index contributed by atoms with van der Waals surface area (Å²) in [6, 6.07) is 6.44. The van der Waals surface area contributed by atoms with Crippen LogP contribution in [0.15, 0.2) is 24.3 Å². The Hall–Kier alpha value is -0.540. The van der Waals surface area contributed by atoms with E-state index in [1.165, 1.54) is 12.1 Å². The average molecular weight is 199 g/mol. The van der Waals surface area contributed by atoms with Gasteiger partial charge in [-0.3, -0.25) is 0 Å². The first-order valence-corrected chi connectivity index (χ1v) is 5.48. The Balaban J connectivity index is 2.60. The van der Waals surface area contributed by atoms with Crippen molar-refractivity contribution in [1.82, 2.24) is 0 Å². The highest BCUT2D eigenvalue weighted by Crippen LogP contribution is 2.16. The molecule has 0 fully saturated rings. The van der Waals surface area contributed by atoms with E-state index in [-0.39, 0.29) is 11.9 Å². The van der Waals surface area contributed by atoms with Crippen LogP contribution >= 0.6 is 11.8 Å². The Kier molecular flexibility index (Phi) is 4.25. The molecule has 1 aromatic rings. The summed E-state index contributed by atoms with van der Waals surface area (Å²) in [7, 11) is 0. The fourth-order valence-electron chi connectivity index (χ4n) is 1.08. The third-order valence-electron chi connectivity index (χ3n) is 1.78. The number of halogens is 1. The molecule has 72 valence electrons. The first-order chi connectivity index (χ1) is 6.24. The molecule has 2 N–H and O–H groups in total. The zero-order valence-corrected chi connectivity index (χ0v) is 8.48. The molecule has 0 radical (unpaired) electrons. The highest BCUT2D eigenvalue weighted by atomic mass is 32.2. The smallest absolute Gasteiger partial charge is 0.123 e. The van der Waals surface area contributed by atoms with Gasteiger partial charge in [0.15, 0.2) is 0 Å². The summed E-state index contributed by atoms with van der Waals surface area (Å²) in [5, 5.41) is 0. The molecule has 0 amide bonds. The van der Waals surface area contributed by atoms with Crippen molar-refractivity contribution in [2.24, 2.45) is 5.73 Å². The zero-order valence-electron chi connectivity index (χ0n) is 7.66. The van der Waals surface area contributed by atoms with E-state index in [1.807, 2.05) is 6.07 Å². The first kappa shape index (κ1) is 10.5. The Morgan fingerprint density at radius 2 is 2.31 bits per heavy atom. The van der Waals surface area contributed by atoms with Crippen molar-refractivity contribution in [3.8, 4) is 0 Å². The molecule has 0 spiro atoms. The molecule has 0 aromatic heterocycles. The molecule has 1 atom stereocenters. The van der Waals surface area contributed by atoms with Crippen LogP contribution < -0.4 is 5.73 Å². The van der Waals surface area contributed by atoms with E-state index in [0.717, 1.165) is 17.1 Å². The molecule has 0 heterocycles. The van der Waals surface area contributed by atoms with E-state index in [9.17, 15) is 4.39 Å². The summed E-state index contributed by atoms with van der Waals surface area (Å²) >= 11 is 1.77. The number of hydrogen-bond donors (Lipinski definition) is 1. The maximum atomic E-state index is 12.8. The predicted molar refractivity (Wildman–Crippen MR) is 56.3 cm³/mol. The molecule has 0 aliphatic heterocycles. The summed E-state index contributed by atoms with van der Waals surface area (Å²) in [5.74, 6) is 1.68. The van der Waals surface area contributed by atoms with Gasteiger partial charge in [-0.1, -0.05) is 19.1 Å². The molecule has 0 aliphatic rings. The van der Waals surface area contributed by atoms with E-state index in [4.69, 9.17) is 5.73 Å². The predicted octanol–water partition coefficient (Wildman–Crippen LogP) is 2.58. The normalized spacial score (nSPS) is 12.8. The minimum Gasteiger partial charge on any atom is -0.323 e. The van der Waals surface area contributed by atoms with Gasteiger partial charge >= 0.3 is 0 Å². The van der Waals surface area contributed by atoms with E-state index >= 15 is 0 Å². The maximum Gasteiger partial charge on any atom is 0.123 e. The van der Waals surface area contributed by atoms with Crippen molar-refractivity contribution in [1.29, 1.82) is 0 Å². The fourth-order valence-corrected chi connectivity index (χ4v) is 1.76. The molecule has 1 rings (SSSR count). The molecular weight excluding hydrogens is 185 g/mol. The quantitative estimate of drug-likeness (QED) is 0.806. The van der Waals surface area contributed by atoms with Crippen LogP contribution in [0.3, 0.4) is 0 Å². The van der Waals surface area contributed by atoms with Crippen molar-refractivity contribution in [3.63, 3.8) is 0 Å². The second kappa shape index (κ2) is 5.25. The van der Waals surface area contributed by atoms with Crippen molar-refractivity contribution >= 4 is 11.8 Å². The number of benzene rings is 1. The lowest BCUT2D eigenvalue weighted by Gasteiger charge is -2.10. The first-order valence-electron chi connectivity index (χ1n) is 4.33. The summed E-state index contributed by atoms with van der Waals surface area (Å²) in [4.78, 5) is 0. The Morgan fingerprint density at radius 3 is 2.92 bits per heavy atom. The summed E-state index contributed by atoms with van der Waals surface area (Å²) in [6.07, 6.45) is 0. The molecule has 0 saturated carbocycles. The van der Waals surface area contributed by atoms with Gasteiger partial charge in [0.2, 0.25) is 0 Å². The van der Waals surface area contributed by atoms with E-state index in [0.29, 0.717) is 0 Å². The Morgan fingerprint density at radius 1 is 1.54 bits per heavy atom. The van der Waals surface area contributed by atoms with Crippen LogP contribution in [-0.2, 0) is 0 Å². The van der Waals surface area contributed by atoms with E-state index in [2.05, 4.69) is 6.92 Å². The van der Waals surface area contributed by atoms with Crippen molar-refractivity contribution < 1.29 is 4.39 Å². The second-order valence-corrected chi connectivity index (χ2v) is 4.14. The number of rotatable bonds is 4. The molecule has 1 unspecified atom stereocenters. The number of thioether (sulfide) groups is 1. The minimum atomic E-state index is -0.213. The molecule has 0 bridgehead atoms. The largest absolute Gasteiger partial charge is 0.323 e. The molecule has 13 heavy (non-hydrogen) atoms. The average Bonchev–Trinajstić information content (AvgIpc) is 2.14. The van der Waals surface area contributed by atoms with Crippen molar-refractivity contribution in [2.45, 2.75) is 13.0 Å². The van der Waals surface area contributed by atoms with Crippen molar-refractivity contribution in [3.05, 3.63) is 35.6 Å². The minimum absolute atomic E-state index is 0.0550. The molecule has 0 aliphatic carbocycles. The van der Waals surface area contributed by atoms with Crippen LogP contribution in [0, 0.1) is 5.82 Å². The molecule has 1 nitrogen and oxygen atoms in total. The monoisotopic (exact) mass is 199 g/mol. The van der Waals surface area contributed by atoms with Crippen LogP contribution in [0.25, 0.3) is 0 Å². The lowest BCUT2D eigenvalue weighted by Crippen LogP contribution is -2.13. The van der Waals surface area contributed by atoms with Crippen LogP contribution in [0.4, 0.5) is 4.39 Å². The third kappa shape index (κ3) is 3.36. The van der Waals surface area contributed by atoms with Gasteiger partial charge in [-0.25, -0.2) is 4.39 Å². The standard InChI is InChI=1S/C10H14FNS/c1-2-13-7-10(12)8-4-3-5-9(11)6-8/h3-6,10H,2,7,12H2,1H3. The van der Waals surface area contributed by atoms with Crippen molar-refractivity contribution in [2.75, 3.05) is 11.5 Å². The lowest BCUT2D eigenvalue weighted by molar-refractivity contribution is 0.622. The SMILES string of the molecule is CCSCC(N)c1cccc(F)c1. The van der Waals surface area contributed by atoms with E-state index in [1.54, 1.807) is 17.8 Å². The van der Waals surface area contributed by atoms with Gasteiger partial charge in [0, 0.05) is 11.8 Å².